The first-order chi connectivity index (χ1) is 8.38. The zero-order valence-electron chi connectivity index (χ0n) is 11.3. The maximum Gasteiger partial charge on any atom is 0.162 e. The summed E-state index contributed by atoms with van der Waals surface area (Å²) in [5.41, 5.74) is 0.256. The number of aliphatic hydroxyl groups is 1. The molecule has 0 fully saturated rings. The van der Waals surface area contributed by atoms with Gasteiger partial charge in [0, 0.05) is 5.56 Å². The van der Waals surface area contributed by atoms with E-state index in [2.05, 4.69) is 0 Å². The molecule has 0 aliphatic rings. The highest BCUT2D eigenvalue weighted by atomic mass is 16.5. The fraction of sp³-hybridized carbons (Fsp3) is 0.500. The van der Waals surface area contributed by atoms with Gasteiger partial charge in [-0.15, -0.1) is 0 Å². The van der Waals surface area contributed by atoms with Crippen molar-refractivity contribution in [2.24, 2.45) is 5.41 Å². The van der Waals surface area contributed by atoms with Gasteiger partial charge < -0.3 is 14.6 Å². The molecule has 0 radical (unpaired) electrons. The van der Waals surface area contributed by atoms with E-state index in [0.29, 0.717) is 17.1 Å². The van der Waals surface area contributed by atoms with Crippen LogP contribution in [0.4, 0.5) is 0 Å². The van der Waals surface area contributed by atoms with E-state index in [1.165, 1.54) is 7.11 Å². The Labute approximate surface area is 108 Å². The Balaban J connectivity index is 2.80. The SMILES string of the molecule is COc1ccc(C=O)cc1OCC(O)C(C)(C)C. The largest absolute Gasteiger partial charge is 0.493 e. The minimum Gasteiger partial charge on any atom is -0.493 e. The number of methoxy groups -OCH3 is 1. The van der Waals surface area contributed by atoms with E-state index in [1.807, 2.05) is 20.8 Å². The molecule has 4 heteroatoms. The monoisotopic (exact) mass is 252 g/mol. The summed E-state index contributed by atoms with van der Waals surface area (Å²) in [4.78, 5) is 10.7. The highest BCUT2D eigenvalue weighted by molar-refractivity contribution is 5.76. The highest BCUT2D eigenvalue weighted by Gasteiger charge is 2.23. The molecule has 0 amide bonds. The van der Waals surface area contributed by atoms with Crippen LogP contribution in [0.3, 0.4) is 0 Å². The molecule has 0 saturated carbocycles. The summed E-state index contributed by atoms with van der Waals surface area (Å²) in [5, 5.41) is 9.90. The maximum absolute atomic E-state index is 10.7. The Bertz CT molecular complexity index is 407. The molecule has 18 heavy (non-hydrogen) atoms. The molecule has 1 N–H and O–H groups in total. The summed E-state index contributed by atoms with van der Waals surface area (Å²) in [7, 11) is 1.53. The van der Waals surface area contributed by atoms with Crippen LogP contribution in [0, 0.1) is 5.41 Å². The van der Waals surface area contributed by atoms with Crippen molar-refractivity contribution in [3.05, 3.63) is 23.8 Å². The molecule has 0 bridgehead atoms. The third kappa shape index (κ3) is 3.74. The second-order valence-corrected chi connectivity index (χ2v) is 5.22. The van der Waals surface area contributed by atoms with Gasteiger partial charge in [-0.25, -0.2) is 0 Å². The van der Waals surface area contributed by atoms with Crippen LogP contribution in [0.15, 0.2) is 18.2 Å². The third-order valence-electron chi connectivity index (χ3n) is 2.72. The predicted molar refractivity (Wildman–Crippen MR) is 69.3 cm³/mol. The minimum atomic E-state index is -0.595. The zero-order chi connectivity index (χ0) is 13.8. The van der Waals surface area contributed by atoms with Crippen molar-refractivity contribution >= 4 is 6.29 Å². The number of ether oxygens (including phenoxy) is 2. The van der Waals surface area contributed by atoms with Crippen LogP contribution in [0.25, 0.3) is 0 Å². The topological polar surface area (TPSA) is 55.8 Å². The maximum atomic E-state index is 10.7. The van der Waals surface area contributed by atoms with Crippen molar-refractivity contribution in [1.82, 2.24) is 0 Å². The van der Waals surface area contributed by atoms with Crippen molar-refractivity contribution in [3.8, 4) is 11.5 Å². The average molecular weight is 252 g/mol. The number of carbonyl (C=O) groups is 1. The molecular formula is C14H20O4. The first-order valence-corrected chi connectivity index (χ1v) is 5.82. The van der Waals surface area contributed by atoms with E-state index in [4.69, 9.17) is 9.47 Å². The van der Waals surface area contributed by atoms with Crippen LogP contribution in [0.2, 0.25) is 0 Å². The lowest BCUT2D eigenvalue weighted by Crippen LogP contribution is -2.32. The van der Waals surface area contributed by atoms with Gasteiger partial charge >= 0.3 is 0 Å². The number of aldehydes is 1. The summed E-state index contributed by atoms with van der Waals surface area (Å²) in [6.07, 6.45) is 0.147. The summed E-state index contributed by atoms with van der Waals surface area (Å²) in [6, 6.07) is 4.92. The first-order valence-electron chi connectivity index (χ1n) is 5.82. The number of hydrogen-bond donors (Lipinski definition) is 1. The van der Waals surface area contributed by atoms with Crippen molar-refractivity contribution in [2.45, 2.75) is 26.9 Å². The fourth-order valence-electron chi connectivity index (χ4n) is 1.30. The van der Waals surface area contributed by atoms with Crippen LogP contribution in [0.1, 0.15) is 31.1 Å². The molecule has 0 aromatic heterocycles. The Kier molecular flexibility index (Phi) is 4.73. The standard InChI is InChI=1S/C14H20O4/c1-14(2,3)13(16)9-18-12-7-10(8-15)5-6-11(12)17-4/h5-8,13,16H,9H2,1-4H3. The summed E-state index contributed by atoms with van der Waals surface area (Å²) >= 11 is 0. The van der Waals surface area contributed by atoms with E-state index < -0.39 is 6.10 Å². The molecule has 0 aliphatic carbocycles. The molecule has 1 rings (SSSR count). The summed E-state index contributed by atoms with van der Waals surface area (Å²) in [5.74, 6) is 1.01. The second kappa shape index (κ2) is 5.87. The lowest BCUT2D eigenvalue weighted by Gasteiger charge is -2.26. The van der Waals surface area contributed by atoms with Crippen molar-refractivity contribution in [3.63, 3.8) is 0 Å². The second-order valence-electron chi connectivity index (χ2n) is 5.22. The first kappa shape index (κ1) is 14.5. The molecule has 0 spiro atoms. The Morgan fingerprint density at radius 3 is 2.50 bits per heavy atom. The minimum absolute atomic E-state index is 0.155. The van der Waals surface area contributed by atoms with E-state index in [0.717, 1.165) is 6.29 Å². The van der Waals surface area contributed by atoms with Gasteiger partial charge in [0.05, 0.1) is 13.2 Å². The lowest BCUT2D eigenvalue weighted by atomic mass is 9.90. The number of benzene rings is 1. The van der Waals surface area contributed by atoms with Crippen LogP contribution >= 0.6 is 0 Å². The fourth-order valence-corrected chi connectivity index (χ4v) is 1.30. The number of aliphatic hydroxyl groups excluding tert-OH is 1. The zero-order valence-corrected chi connectivity index (χ0v) is 11.3. The molecule has 4 nitrogen and oxygen atoms in total. The quantitative estimate of drug-likeness (QED) is 0.817. The van der Waals surface area contributed by atoms with Gasteiger partial charge in [0.15, 0.2) is 11.5 Å². The molecular weight excluding hydrogens is 232 g/mol. The van der Waals surface area contributed by atoms with Gasteiger partial charge in [-0.2, -0.15) is 0 Å². The Hall–Kier alpha value is -1.55. The van der Waals surface area contributed by atoms with Gasteiger partial charge in [-0.3, -0.25) is 4.79 Å². The third-order valence-corrected chi connectivity index (χ3v) is 2.72. The van der Waals surface area contributed by atoms with Crippen LogP contribution in [-0.4, -0.2) is 31.2 Å². The van der Waals surface area contributed by atoms with Crippen LogP contribution in [-0.2, 0) is 0 Å². The summed E-state index contributed by atoms with van der Waals surface area (Å²) in [6.45, 7) is 5.95. The molecule has 0 aliphatic heterocycles. The molecule has 0 heterocycles. The highest BCUT2D eigenvalue weighted by Crippen LogP contribution is 2.29. The Morgan fingerprint density at radius 1 is 1.33 bits per heavy atom. The predicted octanol–water partition coefficient (Wildman–Crippen LogP) is 2.29. The molecule has 1 unspecified atom stereocenters. The Morgan fingerprint density at radius 2 is 2.00 bits per heavy atom. The normalized spacial score (nSPS) is 12.9. The number of hydrogen-bond acceptors (Lipinski definition) is 4. The van der Waals surface area contributed by atoms with Gasteiger partial charge in [-0.1, -0.05) is 20.8 Å². The smallest absolute Gasteiger partial charge is 0.162 e. The van der Waals surface area contributed by atoms with E-state index >= 15 is 0 Å². The van der Waals surface area contributed by atoms with E-state index in [9.17, 15) is 9.90 Å². The number of rotatable bonds is 5. The lowest BCUT2D eigenvalue weighted by molar-refractivity contribution is 0.0211. The number of carbonyl (C=O) groups excluding carboxylic acids is 1. The van der Waals surface area contributed by atoms with Gasteiger partial charge in [-0.05, 0) is 23.6 Å². The van der Waals surface area contributed by atoms with Gasteiger partial charge in [0.2, 0.25) is 0 Å². The van der Waals surface area contributed by atoms with Crippen molar-refractivity contribution < 1.29 is 19.4 Å². The van der Waals surface area contributed by atoms with Gasteiger partial charge in [0.1, 0.15) is 12.9 Å². The van der Waals surface area contributed by atoms with Gasteiger partial charge in [0.25, 0.3) is 0 Å². The molecule has 1 atom stereocenters. The van der Waals surface area contributed by atoms with Crippen LogP contribution in [0.5, 0.6) is 11.5 Å². The van der Waals surface area contributed by atoms with Crippen LogP contribution < -0.4 is 9.47 Å². The van der Waals surface area contributed by atoms with E-state index in [-0.39, 0.29) is 12.0 Å². The van der Waals surface area contributed by atoms with Crippen molar-refractivity contribution in [2.75, 3.05) is 13.7 Å². The van der Waals surface area contributed by atoms with Crippen molar-refractivity contribution in [1.29, 1.82) is 0 Å². The van der Waals surface area contributed by atoms with E-state index in [1.54, 1.807) is 18.2 Å². The summed E-state index contributed by atoms with van der Waals surface area (Å²) < 4.78 is 10.7. The average Bonchev–Trinajstić information content (AvgIpc) is 2.34. The molecule has 1 aromatic rings. The molecule has 0 saturated heterocycles. The molecule has 1 aromatic carbocycles. The molecule has 100 valence electrons.